The third kappa shape index (κ3) is 2.75. The number of nitrogens with one attached hydrogen (secondary N) is 2. The molecule has 106 valence electrons. The summed E-state index contributed by atoms with van der Waals surface area (Å²) in [5, 5.41) is 16.6. The van der Waals surface area contributed by atoms with Crippen LogP contribution in [-0.2, 0) is 13.1 Å². The summed E-state index contributed by atoms with van der Waals surface area (Å²) in [6.45, 7) is 1.58. The van der Waals surface area contributed by atoms with Gasteiger partial charge in [0.05, 0.1) is 4.92 Å². The van der Waals surface area contributed by atoms with E-state index in [0.717, 1.165) is 18.7 Å². The number of carbonyl (C=O) groups is 1. The Morgan fingerprint density at radius 2 is 1.95 bits per heavy atom. The Morgan fingerprint density at radius 1 is 1.14 bits per heavy atom. The van der Waals surface area contributed by atoms with Gasteiger partial charge in [-0.25, -0.2) is 0 Å². The highest BCUT2D eigenvalue weighted by molar-refractivity contribution is 6.04. The molecule has 1 heterocycles. The minimum absolute atomic E-state index is 0.0500. The van der Waals surface area contributed by atoms with Crippen molar-refractivity contribution in [3.05, 3.63) is 69.3 Å². The maximum Gasteiger partial charge on any atom is 0.271 e. The highest BCUT2D eigenvalue weighted by Crippen LogP contribution is 2.20. The first-order valence-electron chi connectivity index (χ1n) is 6.52. The van der Waals surface area contributed by atoms with Crippen molar-refractivity contribution in [2.45, 2.75) is 13.1 Å². The van der Waals surface area contributed by atoms with Crippen LogP contribution in [0.25, 0.3) is 0 Å². The van der Waals surface area contributed by atoms with Gasteiger partial charge in [-0.05, 0) is 29.3 Å². The van der Waals surface area contributed by atoms with Crippen molar-refractivity contribution in [3.8, 4) is 0 Å². The lowest BCUT2D eigenvalue weighted by Crippen LogP contribution is -2.12. The van der Waals surface area contributed by atoms with Crippen LogP contribution in [0.1, 0.15) is 21.5 Å². The zero-order valence-corrected chi connectivity index (χ0v) is 11.1. The molecule has 0 spiro atoms. The maximum absolute atomic E-state index is 12.2. The summed E-state index contributed by atoms with van der Waals surface area (Å²) in [5.74, 6) is -0.273. The Labute approximate surface area is 120 Å². The van der Waals surface area contributed by atoms with Crippen LogP contribution in [0, 0.1) is 10.1 Å². The molecule has 0 saturated heterocycles. The fourth-order valence-electron chi connectivity index (χ4n) is 2.34. The van der Waals surface area contributed by atoms with Gasteiger partial charge in [0.15, 0.2) is 0 Å². The molecule has 1 aliphatic heterocycles. The number of rotatable bonds is 3. The summed E-state index contributed by atoms with van der Waals surface area (Å²) < 4.78 is 0. The summed E-state index contributed by atoms with van der Waals surface area (Å²) in [6, 6.07) is 11.4. The third-order valence-electron chi connectivity index (χ3n) is 3.41. The fraction of sp³-hybridized carbons (Fsp3) is 0.133. The lowest BCUT2D eigenvalue weighted by atomic mass is 10.1. The Morgan fingerprint density at radius 3 is 2.76 bits per heavy atom. The van der Waals surface area contributed by atoms with Gasteiger partial charge in [-0.3, -0.25) is 14.9 Å². The molecule has 21 heavy (non-hydrogen) atoms. The van der Waals surface area contributed by atoms with Crippen LogP contribution in [0.15, 0.2) is 42.5 Å². The van der Waals surface area contributed by atoms with Crippen molar-refractivity contribution in [3.63, 3.8) is 0 Å². The number of non-ortho nitro benzene ring substituents is 1. The van der Waals surface area contributed by atoms with Crippen LogP contribution in [0.2, 0.25) is 0 Å². The average Bonchev–Trinajstić information content (AvgIpc) is 2.94. The van der Waals surface area contributed by atoms with E-state index in [1.807, 2.05) is 12.1 Å². The van der Waals surface area contributed by atoms with Crippen molar-refractivity contribution < 1.29 is 9.72 Å². The standard InChI is InChI=1S/C15H13N3O3/c19-15(10-4-5-11-8-16-9-12(11)6-10)17-13-2-1-3-14(7-13)18(20)21/h1-7,16H,8-9H2,(H,17,19). The van der Waals surface area contributed by atoms with E-state index in [1.165, 1.54) is 17.7 Å². The predicted molar refractivity (Wildman–Crippen MR) is 78.0 cm³/mol. The number of nitrogens with zero attached hydrogens (tertiary/aromatic N) is 1. The monoisotopic (exact) mass is 283 g/mol. The molecule has 2 aromatic carbocycles. The van der Waals surface area contributed by atoms with Gasteiger partial charge in [0, 0.05) is 36.5 Å². The molecule has 6 heteroatoms. The molecule has 2 aromatic rings. The molecule has 1 amide bonds. The average molecular weight is 283 g/mol. The lowest BCUT2D eigenvalue weighted by molar-refractivity contribution is -0.384. The van der Waals surface area contributed by atoms with Crippen LogP contribution >= 0.6 is 0 Å². The van der Waals surface area contributed by atoms with Crippen LogP contribution in [0.4, 0.5) is 11.4 Å². The second-order valence-electron chi connectivity index (χ2n) is 4.85. The predicted octanol–water partition coefficient (Wildman–Crippen LogP) is 2.45. The van der Waals surface area contributed by atoms with Crippen molar-refractivity contribution in [2.24, 2.45) is 0 Å². The van der Waals surface area contributed by atoms with Crippen LogP contribution in [0.5, 0.6) is 0 Å². The summed E-state index contributed by atoms with van der Waals surface area (Å²) in [4.78, 5) is 22.4. The molecule has 0 saturated carbocycles. The number of hydrogen-bond acceptors (Lipinski definition) is 4. The van der Waals surface area contributed by atoms with Gasteiger partial charge in [-0.1, -0.05) is 12.1 Å². The highest BCUT2D eigenvalue weighted by atomic mass is 16.6. The molecule has 0 aromatic heterocycles. The smallest absolute Gasteiger partial charge is 0.271 e. The summed E-state index contributed by atoms with van der Waals surface area (Å²) >= 11 is 0. The minimum Gasteiger partial charge on any atom is -0.322 e. The number of benzene rings is 2. The van der Waals surface area contributed by atoms with Gasteiger partial charge in [0.2, 0.25) is 0 Å². The van der Waals surface area contributed by atoms with E-state index in [0.29, 0.717) is 11.3 Å². The van der Waals surface area contributed by atoms with Crippen LogP contribution < -0.4 is 10.6 Å². The zero-order chi connectivity index (χ0) is 14.8. The molecular weight excluding hydrogens is 270 g/mol. The molecule has 6 nitrogen and oxygen atoms in total. The maximum atomic E-state index is 12.2. The molecule has 0 fully saturated rings. The molecule has 3 rings (SSSR count). The molecule has 0 aliphatic carbocycles. The third-order valence-corrected chi connectivity index (χ3v) is 3.41. The van der Waals surface area contributed by atoms with Crippen molar-refractivity contribution >= 4 is 17.3 Å². The quantitative estimate of drug-likeness (QED) is 0.669. The lowest BCUT2D eigenvalue weighted by Gasteiger charge is -2.06. The summed E-state index contributed by atoms with van der Waals surface area (Å²) in [6.07, 6.45) is 0. The van der Waals surface area contributed by atoms with E-state index in [-0.39, 0.29) is 11.6 Å². The van der Waals surface area contributed by atoms with Gasteiger partial charge < -0.3 is 10.6 Å². The van der Waals surface area contributed by atoms with Crippen molar-refractivity contribution in [1.82, 2.24) is 5.32 Å². The van der Waals surface area contributed by atoms with E-state index in [4.69, 9.17) is 0 Å². The van der Waals surface area contributed by atoms with Gasteiger partial charge >= 0.3 is 0 Å². The normalized spacial score (nSPS) is 12.8. The van der Waals surface area contributed by atoms with E-state index in [2.05, 4.69) is 10.6 Å². The van der Waals surface area contributed by atoms with E-state index in [9.17, 15) is 14.9 Å². The van der Waals surface area contributed by atoms with E-state index < -0.39 is 4.92 Å². The van der Waals surface area contributed by atoms with Crippen molar-refractivity contribution in [2.75, 3.05) is 5.32 Å². The fourth-order valence-corrected chi connectivity index (χ4v) is 2.34. The number of nitro groups is 1. The van der Waals surface area contributed by atoms with Crippen LogP contribution in [0.3, 0.4) is 0 Å². The SMILES string of the molecule is O=C(Nc1cccc([N+](=O)[O-])c1)c1ccc2c(c1)CNC2. The van der Waals surface area contributed by atoms with Crippen molar-refractivity contribution in [1.29, 1.82) is 0 Å². The summed E-state index contributed by atoms with van der Waals surface area (Å²) in [7, 11) is 0. The minimum atomic E-state index is -0.489. The first kappa shape index (κ1) is 13.3. The van der Waals surface area contributed by atoms with Gasteiger partial charge in [0.25, 0.3) is 11.6 Å². The zero-order valence-electron chi connectivity index (χ0n) is 11.1. The number of anilines is 1. The van der Waals surface area contributed by atoms with Gasteiger partial charge in [-0.15, -0.1) is 0 Å². The topological polar surface area (TPSA) is 84.3 Å². The van der Waals surface area contributed by atoms with E-state index in [1.54, 1.807) is 18.2 Å². The van der Waals surface area contributed by atoms with Crippen LogP contribution in [-0.4, -0.2) is 10.8 Å². The molecule has 1 aliphatic rings. The second-order valence-corrected chi connectivity index (χ2v) is 4.85. The summed E-state index contributed by atoms with van der Waals surface area (Å²) in [5.41, 5.74) is 3.21. The van der Waals surface area contributed by atoms with Gasteiger partial charge in [0.1, 0.15) is 0 Å². The Bertz CT molecular complexity index is 728. The largest absolute Gasteiger partial charge is 0.322 e. The molecule has 0 unspecified atom stereocenters. The molecule has 0 radical (unpaired) electrons. The Hall–Kier alpha value is -2.73. The first-order valence-corrected chi connectivity index (χ1v) is 6.52. The highest BCUT2D eigenvalue weighted by Gasteiger charge is 2.14. The number of carbonyl (C=O) groups excluding carboxylic acids is 1. The first-order chi connectivity index (χ1) is 10.1. The molecular formula is C15H13N3O3. The van der Waals surface area contributed by atoms with Gasteiger partial charge in [-0.2, -0.15) is 0 Å². The number of amides is 1. The Kier molecular flexibility index (Phi) is 3.37. The molecule has 0 bridgehead atoms. The number of nitro benzene ring substituents is 1. The van der Waals surface area contributed by atoms with E-state index >= 15 is 0 Å². The Balaban J connectivity index is 1.80. The number of fused-ring (bicyclic) bond motifs is 1. The number of hydrogen-bond donors (Lipinski definition) is 2. The molecule has 2 N–H and O–H groups in total. The molecule has 0 atom stereocenters. The second kappa shape index (κ2) is 5.34.